The first kappa shape index (κ1) is 11.9. The lowest BCUT2D eigenvalue weighted by Crippen LogP contribution is -2.52. The van der Waals surface area contributed by atoms with Gasteiger partial charge in [-0.1, -0.05) is 33.6 Å². The van der Waals surface area contributed by atoms with Gasteiger partial charge in [0.25, 0.3) is 0 Å². The van der Waals surface area contributed by atoms with Crippen molar-refractivity contribution in [3.05, 3.63) is 0 Å². The molecule has 1 amide bonds. The van der Waals surface area contributed by atoms with Crippen LogP contribution in [-0.2, 0) is 4.79 Å². The van der Waals surface area contributed by atoms with Crippen LogP contribution in [0, 0.1) is 11.3 Å². The Morgan fingerprint density at radius 3 is 2.38 bits per heavy atom. The van der Waals surface area contributed by atoms with Crippen molar-refractivity contribution in [1.29, 1.82) is 0 Å². The molecule has 1 aliphatic carbocycles. The molecule has 0 aromatic rings. The smallest absolute Gasteiger partial charge is 0.228 e. The van der Waals surface area contributed by atoms with E-state index in [1.807, 2.05) is 20.8 Å². The normalized spacial score (nSPS) is 31.1. The van der Waals surface area contributed by atoms with Crippen LogP contribution in [0.3, 0.4) is 0 Å². The summed E-state index contributed by atoms with van der Waals surface area (Å²) in [5, 5.41) is 0. The highest BCUT2D eigenvalue weighted by Crippen LogP contribution is 2.37. The van der Waals surface area contributed by atoms with Crippen LogP contribution in [0.25, 0.3) is 0 Å². The first-order valence-electron chi connectivity index (χ1n) is 6.81. The summed E-state index contributed by atoms with van der Waals surface area (Å²) in [7, 11) is 0. The number of carbonyl (C=O) groups excluding carboxylic acids is 1. The third-order valence-corrected chi connectivity index (χ3v) is 4.15. The van der Waals surface area contributed by atoms with Gasteiger partial charge < -0.3 is 4.90 Å². The molecule has 0 N–H and O–H groups in total. The monoisotopic (exact) mass is 223 g/mol. The van der Waals surface area contributed by atoms with Gasteiger partial charge in [0.2, 0.25) is 5.91 Å². The number of carbonyl (C=O) groups is 1. The molecule has 2 atom stereocenters. The lowest BCUT2D eigenvalue weighted by atomic mass is 9.77. The standard InChI is InChI=1S/C14H25NO/c1-14(2,3)13(16)15-10-6-8-11-7-4-5-9-12(11)15/h11-12H,4-10H2,1-3H3/t11-,12-/m1/s1. The average molecular weight is 223 g/mol. The maximum atomic E-state index is 12.4. The predicted octanol–water partition coefficient (Wildman–Crippen LogP) is 3.21. The molecule has 1 saturated heterocycles. The molecule has 2 aliphatic rings. The zero-order chi connectivity index (χ0) is 11.8. The Labute approximate surface area is 99.4 Å². The summed E-state index contributed by atoms with van der Waals surface area (Å²) in [6.07, 6.45) is 7.83. The first-order valence-corrected chi connectivity index (χ1v) is 6.81. The molecule has 1 saturated carbocycles. The van der Waals surface area contributed by atoms with E-state index in [0.29, 0.717) is 11.9 Å². The van der Waals surface area contributed by atoms with Gasteiger partial charge in [-0.3, -0.25) is 4.79 Å². The molecule has 92 valence electrons. The quantitative estimate of drug-likeness (QED) is 0.617. The molecule has 1 heterocycles. The van der Waals surface area contributed by atoms with E-state index in [-0.39, 0.29) is 5.41 Å². The third-order valence-electron chi connectivity index (χ3n) is 4.15. The maximum Gasteiger partial charge on any atom is 0.228 e. The topological polar surface area (TPSA) is 20.3 Å². The van der Waals surface area contributed by atoms with Crippen LogP contribution in [0.15, 0.2) is 0 Å². The molecule has 2 heteroatoms. The molecule has 1 aliphatic heterocycles. The summed E-state index contributed by atoms with van der Waals surface area (Å²) < 4.78 is 0. The molecule has 2 rings (SSSR count). The van der Waals surface area contributed by atoms with Gasteiger partial charge in [-0.15, -0.1) is 0 Å². The van der Waals surface area contributed by atoms with E-state index in [1.54, 1.807) is 0 Å². The molecule has 0 spiro atoms. The number of likely N-dealkylation sites (tertiary alicyclic amines) is 1. The van der Waals surface area contributed by atoms with Crippen LogP contribution in [-0.4, -0.2) is 23.4 Å². The zero-order valence-corrected chi connectivity index (χ0v) is 11.0. The van der Waals surface area contributed by atoms with Crippen LogP contribution >= 0.6 is 0 Å². The Kier molecular flexibility index (Phi) is 3.27. The van der Waals surface area contributed by atoms with Crippen molar-refractivity contribution < 1.29 is 4.79 Å². The summed E-state index contributed by atoms with van der Waals surface area (Å²) in [6.45, 7) is 7.13. The van der Waals surface area contributed by atoms with E-state index in [2.05, 4.69) is 4.90 Å². The molecule has 0 radical (unpaired) electrons. The predicted molar refractivity (Wildman–Crippen MR) is 66.1 cm³/mol. The van der Waals surface area contributed by atoms with Gasteiger partial charge in [0.1, 0.15) is 0 Å². The molecule has 2 fully saturated rings. The summed E-state index contributed by atoms with van der Waals surface area (Å²) in [5.41, 5.74) is -0.209. The fraction of sp³-hybridized carbons (Fsp3) is 0.929. The van der Waals surface area contributed by atoms with Gasteiger partial charge in [0.05, 0.1) is 0 Å². The van der Waals surface area contributed by atoms with Crippen molar-refractivity contribution in [2.75, 3.05) is 6.54 Å². The Morgan fingerprint density at radius 1 is 1.06 bits per heavy atom. The molecule has 0 bridgehead atoms. The Hall–Kier alpha value is -0.530. The minimum atomic E-state index is -0.209. The Balaban J connectivity index is 2.11. The van der Waals surface area contributed by atoms with Crippen molar-refractivity contribution in [3.63, 3.8) is 0 Å². The Morgan fingerprint density at radius 2 is 1.69 bits per heavy atom. The third kappa shape index (κ3) is 2.26. The summed E-state index contributed by atoms with van der Waals surface area (Å²) in [5.74, 6) is 1.16. The molecule has 0 aromatic heterocycles. The van der Waals surface area contributed by atoms with Gasteiger partial charge in [-0.2, -0.15) is 0 Å². The minimum Gasteiger partial charge on any atom is -0.339 e. The van der Waals surface area contributed by atoms with Crippen molar-refractivity contribution in [1.82, 2.24) is 4.90 Å². The van der Waals surface area contributed by atoms with Crippen LogP contribution in [0.2, 0.25) is 0 Å². The van der Waals surface area contributed by atoms with Crippen LogP contribution in [0.4, 0.5) is 0 Å². The first-order chi connectivity index (χ1) is 7.50. The van der Waals surface area contributed by atoms with Crippen molar-refractivity contribution in [2.45, 2.75) is 65.3 Å². The minimum absolute atomic E-state index is 0.209. The number of piperidine rings is 1. The molecule has 0 unspecified atom stereocenters. The van der Waals surface area contributed by atoms with E-state index in [9.17, 15) is 4.79 Å². The van der Waals surface area contributed by atoms with Crippen molar-refractivity contribution >= 4 is 5.91 Å². The van der Waals surface area contributed by atoms with Crippen molar-refractivity contribution in [3.8, 4) is 0 Å². The van der Waals surface area contributed by atoms with Crippen molar-refractivity contribution in [2.24, 2.45) is 11.3 Å². The molecular weight excluding hydrogens is 198 g/mol. The lowest BCUT2D eigenvalue weighted by Gasteiger charge is -2.46. The summed E-state index contributed by atoms with van der Waals surface area (Å²) in [4.78, 5) is 14.6. The van der Waals surface area contributed by atoms with Crippen LogP contribution < -0.4 is 0 Å². The van der Waals surface area contributed by atoms with Gasteiger partial charge in [-0.25, -0.2) is 0 Å². The highest BCUT2D eigenvalue weighted by atomic mass is 16.2. The fourth-order valence-electron chi connectivity index (χ4n) is 3.31. The number of amides is 1. The van der Waals surface area contributed by atoms with E-state index in [4.69, 9.17) is 0 Å². The van der Waals surface area contributed by atoms with E-state index < -0.39 is 0 Å². The maximum absolute atomic E-state index is 12.4. The highest BCUT2D eigenvalue weighted by Gasteiger charge is 2.38. The number of hydrogen-bond acceptors (Lipinski definition) is 1. The second-order valence-corrected chi connectivity index (χ2v) is 6.50. The van der Waals surface area contributed by atoms with E-state index in [0.717, 1.165) is 12.5 Å². The van der Waals surface area contributed by atoms with Crippen LogP contribution in [0.5, 0.6) is 0 Å². The second kappa shape index (κ2) is 4.38. The zero-order valence-electron chi connectivity index (χ0n) is 11.0. The van der Waals surface area contributed by atoms with E-state index >= 15 is 0 Å². The number of rotatable bonds is 0. The summed E-state index contributed by atoms with van der Waals surface area (Å²) in [6, 6.07) is 0.564. The van der Waals surface area contributed by atoms with Gasteiger partial charge in [-0.05, 0) is 31.6 Å². The SMILES string of the molecule is CC(C)(C)C(=O)N1CCC[C@H]2CCCC[C@H]21. The number of hydrogen-bond donors (Lipinski definition) is 0. The molecule has 2 nitrogen and oxygen atoms in total. The lowest BCUT2D eigenvalue weighted by molar-refractivity contribution is -0.146. The Bertz CT molecular complexity index is 264. The van der Waals surface area contributed by atoms with Gasteiger partial charge in [0, 0.05) is 18.0 Å². The second-order valence-electron chi connectivity index (χ2n) is 6.50. The van der Waals surface area contributed by atoms with Gasteiger partial charge >= 0.3 is 0 Å². The van der Waals surface area contributed by atoms with E-state index in [1.165, 1.54) is 38.5 Å². The number of fused-ring (bicyclic) bond motifs is 1. The largest absolute Gasteiger partial charge is 0.339 e. The fourth-order valence-corrected chi connectivity index (χ4v) is 3.31. The molecular formula is C14H25NO. The number of nitrogens with zero attached hydrogens (tertiary/aromatic N) is 1. The molecule has 0 aromatic carbocycles. The average Bonchev–Trinajstić information content (AvgIpc) is 2.26. The summed E-state index contributed by atoms with van der Waals surface area (Å²) >= 11 is 0. The highest BCUT2D eigenvalue weighted by molar-refractivity contribution is 5.82. The molecule has 16 heavy (non-hydrogen) atoms. The van der Waals surface area contributed by atoms with Gasteiger partial charge in [0.15, 0.2) is 0 Å². The van der Waals surface area contributed by atoms with Crippen LogP contribution in [0.1, 0.15) is 59.3 Å².